The Bertz CT molecular complexity index is 892. The number of benzene rings is 3. The maximum atomic E-state index is 12.7. The summed E-state index contributed by atoms with van der Waals surface area (Å²) in [7, 11) is 1.86. The van der Waals surface area contributed by atoms with E-state index in [0.717, 1.165) is 5.69 Å². The van der Waals surface area contributed by atoms with Crippen LogP contribution < -0.4 is 10.2 Å². The summed E-state index contributed by atoms with van der Waals surface area (Å²) in [5.74, 6) is -0.289. The molecule has 0 unspecified atom stereocenters. The minimum Gasteiger partial charge on any atom is -0.365 e. The molecule has 0 spiro atoms. The van der Waals surface area contributed by atoms with Gasteiger partial charge in [-0.25, -0.2) is 0 Å². The van der Waals surface area contributed by atoms with Gasteiger partial charge in [-0.3, -0.25) is 9.59 Å². The van der Waals surface area contributed by atoms with Crippen molar-refractivity contribution in [1.29, 1.82) is 0 Å². The van der Waals surface area contributed by atoms with Crippen molar-refractivity contribution in [2.24, 2.45) is 0 Å². The van der Waals surface area contributed by atoms with Gasteiger partial charge in [0.25, 0.3) is 0 Å². The highest BCUT2D eigenvalue weighted by Gasteiger charge is 2.15. The van der Waals surface area contributed by atoms with E-state index >= 15 is 0 Å². The lowest BCUT2D eigenvalue weighted by Crippen LogP contribution is -2.30. The Labute approximate surface area is 153 Å². The lowest BCUT2D eigenvalue weighted by molar-refractivity contribution is -0.114. The molecule has 3 aromatic carbocycles. The van der Waals surface area contributed by atoms with Crippen LogP contribution in [-0.4, -0.2) is 25.3 Å². The first-order valence-electron chi connectivity index (χ1n) is 8.40. The molecule has 3 rings (SSSR count). The van der Waals surface area contributed by atoms with E-state index in [1.165, 1.54) is 0 Å². The molecule has 4 nitrogen and oxygen atoms in total. The van der Waals surface area contributed by atoms with Gasteiger partial charge in [-0.1, -0.05) is 60.7 Å². The summed E-state index contributed by atoms with van der Waals surface area (Å²) in [6.07, 6.45) is 0. The number of ketones is 1. The normalized spacial score (nSPS) is 10.2. The van der Waals surface area contributed by atoms with Crippen molar-refractivity contribution in [1.82, 2.24) is 0 Å². The predicted molar refractivity (Wildman–Crippen MR) is 105 cm³/mol. The van der Waals surface area contributed by atoms with Crippen molar-refractivity contribution in [2.75, 3.05) is 23.8 Å². The van der Waals surface area contributed by atoms with Gasteiger partial charge in [0.2, 0.25) is 5.91 Å². The van der Waals surface area contributed by atoms with Crippen molar-refractivity contribution in [2.45, 2.75) is 0 Å². The van der Waals surface area contributed by atoms with E-state index in [-0.39, 0.29) is 18.2 Å². The molecule has 3 aromatic rings. The highest BCUT2D eigenvalue weighted by Crippen LogP contribution is 2.19. The first-order chi connectivity index (χ1) is 12.6. The number of carbonyl (C=O) groups is 2. The Morgan fingerprint density at radius 3 is 2.08 bits per heavy atom. The van der Waals surface area contributed by atoms with Crippen LogP contribution >= 0.6 is 0 Å². The lowest BCUT2D eigenvalue weighted by Gasteiger charge is -2.19. The van der Waals surface area contributed by atoms with Gasteiger partial charge in [0, 0.05) is 23.9 Å². The average Bonchev–Trinajstić information content (AvgIpc) is 2.69. The maximum absolute atomic E-state index is 12.7. The second kappa shape index (κ2) is 8.12. The second-order valence-electron chi connectivity index (χ2n) is 5.98. The van der Waals surface area contributed by atoms with Gasteiger partial charge in [0.15, 0.2) is 5.78 Å². The summed E-state index contributed by atoms with van der Waals surface area (Å²) in [6.45, 7) is 0.192. The molecule has 0 saturated heterocycles. The Balaban J connectivity index is 1.74. The first kappa shape index (κ1) is 17.4. The number of hydrogen-bond donors (Lipinski definition) is 1. The number of carbonyl (C=O) groups excluding carboxylic acids is 2. The summed E-state index contributed by atoms with van der Waals surface area (Å²) in [4.78, 5) is 27.0. The molecule has 0 fully saturated rings. The van der Waals surface area contributed by atoms with Gasteiger partial charge in [0.1, 0.15) is 0 Å². The fourth-order valence-electron chi connectivity index (χ4n) is 2.71. The van der Waals surface area contributed by atoms with E-state index in [9.17, 15) is 9.59 Å². The minimum atomic E-state index is -0.176. The third kappa shape index (κ3) is 4.16. The van der Waals surface area contributed by atoms with E-state index in [0.29, 0.717) is 16.8 Å². The van der Waals surface area contributed by atoms with Gasteiger partial charge in [-0.2, -0.15) is 0 Å². The number of rotatable bonds is 6. The van der Waals surface area contributed by atoms with Crippen LogP contribution in [0.2, 0.25) is 0 Å². The molecule has 0 aliphatic carbocycles. The number of amides is 1. The quantitative estimate of drug-likeness (QED) is 0.688. The molecule has 0 radical (unpaired) electrons. The molecule has 4 heteroatoms. The van der Waals surface area contributed by atoms with Crippen LogP contribution in [0.25, 0.3) is 0 Å². The minimum absolute atomic E-state index is 0.113. The molecule has 0 saturated carbocycles. The van der Waals surface area contributed by atoms with Crippen LogP contribution in [0.15, 0.2) is 84.9 Å². The number of nitrogens with one attached hydrogen (secondary N) is 1. The van der Waals surface area contributed by atoms with Crippen LogP contribution in [0.3, 0.4) is 0 Å². The summed E-state index contributed by atoms with van der Waals surface area (Å²) in [6, 6.07) is 25.8. The summed E-state index contributed by atoms with van der Waals surface area (Å²) >= 11 is 0. The summed E-state index contributed by atoms with van der Waals surface area (Å²) in [5.41, 5.74) is 2.55. The third-order valence-electron chi connectivity index (χ3n) is 4.06. The zero-order chi connectivity index (χ0) is 18.4. The van der Waals surface area contributed by atoms with Gasteiger partial charge >= 0.3 is 0 Å². The van der Waals surface area contributed by atoms with E-state index in [1.54, 1.807) is 36.4 Å². The Morgan fingerprint density at radius 1 is 0.808 bits per heavy atom. The number of hydrogen-bond acceptors (Lipinski definition) is 3. The van der Waals surface area contributed by atoms with Gasteiger partial charge in [-0.05, 0) is 24.3 Å². The van der Waals surface area contributed by atoms with Crippen molar-refractivity contribution in [3.8, 4) is 0 Å². The van der Waals surface area contributed by atoms with Gasteiger partial charge in [-0.15, -0.1) is 0 Å². The van der Waals surface area contributed by atoms with Crippen molar-refractivity contribution >= 4 is 23.1 Å². The maximum Gasteiger partial charge on any atom is 0.243 e. The molecule has 0 aliphatic rings. The molecular weight excluding hydrogens is 324 g/mol. The standard InChI is InChI=1S/C22H20N2O2/c1-24(18-12-6-3-7-13-18)16-21(25)23-20-15-9-8-14-19(20)22(26)17-10-4-2-5-11-17/h2-15H,16H2,1H3,(H,23,25). The molecule has 0 aliphatic heterocycles. The molecule has 0 aromatic heterocycles. The SMILES string of the molecule is CN(CC(=O)Nc1ccccc1C(=O)c1ccccc1)c1ccccc1. The molecule has 26 heavy (non-hydrogen) atoms. The van der Waals surface area contributed by atoms with E-state index in [4.69, 9.17) is 0 Å². The molecule has 1 amide bonds. The van der Waals surface area contributed by atoms with E-state index in [2.05, 4.69) is 5.32 Å². The zero-order valence-electron chi connectivity index (χ0n) is 14.6. The van der Waals surface area contributed by atoms with Crippen molar-refractivity contribution in [3.63, 3.8) is 0 Å². The van der Waals surface area contributed by atoms with E-state index in [1.807, 2.05) is 60.5 Å². The highest BCUT2D eigenvalue weighted by molar-refractivity contribution is 6.14. The number of anilines is 2. The fraction of sp³-hybridized carbons (Fsp3) is 0.0909. The van der Waals surface area contributed by atoms with Crippen LogP contribution in [0.4, 0.5) is 11.4 Å². The summed E-state index contributed by atoms with van der Waals surface area (Å²) < 4.78 is 0. The Hall–Kier alpha value is -3.40. The molecule has 1 N–H and O–H groups in total. The monoisotopic (exact) mass is 344 g/mol. The first-order valence-corrected chi connectivity index (χ1v) is 8.40. The number of nitrogens with zero attached hydrogens (tertiary/aromatic N) is 1. The molecular formula is C22H20N2O2. The third-order valence-corrected chi connectivity index (χ3v) is 4.06. The largest absolute Gasteiger partial charge is 0.365 e. The molecule has 0 atom stereocenters. The molecule has 130 valence electrons. The average molecular weight is 344 g/mol. The van der Waals surface area contributed by atoms with Crippen LogP contribution in [0, 0.1) is 0 Å². The van der Waals surface area contributed by atoms with Crippen LogP contribution in [0.5, 0.6) is 0 Å². The number of para-hydroxylation sites is 2. The van der Waals surface area contributed by atoms with Crippen LogP contribution in [-0.2, 0) is 4.79 Å². The smallest absolute Gasteiger partial charge is 0.243 e. The molecule has 0 bridgehead atoms. The zero-order valence-corrected chi connectivity index (χ0v) is 14.6. The van der Waals surface area contributed by atoms with Crippen LogP contribution in [0.1, 0.15) is 15.9 Å². The Morgan fingerprint density at radius 2 is 1.38 bits per heavy atom. The number of likely N-dealkylation sites (N-methyl/N-ethyl adjacent to an activating group) is 1. The fourth-order valence-corrected chi connectivity index (χ4v) is 2.71. The summed E-state index contributed by atoms with van der Waals surface area (Å²) in [5, 5.41) is 2.86. The topological polar surface area (TPSA) is 49.4 Å². The van der Waals surface area contributed by atoms with Crippen molar-refractivity contribution < 1.29 is 9.59 Å². The highest BCUT2D eigenvalue weighted by atomic mass is 16.2. The van der Waals surface area contributed by atoms with Gasteiger partial charge in [0.05, 0.1) is 12.2 Å². The van der Waals surface area contributed by atoms with E-state index < -0.39 is 0 Å². The molecule has 0 heterocycles. The van der Waals surface area contributed by atoms with Crippen molar-refractivity contribution in [3.05, 3.63) is 96.1 Å². The second-order valence-corrected chi connectivity index (χ2v) is 5.98. The lowest BCUT2D eigenvalue weighted by atomic mass is 10.0. The predicted octanol–water partition coefficient (Wildman–Crippen LogP) is 3.99. The Kier molecular flexibility index (Phi) is 5.44. The van der Waals surface area contributed by atoms with Gasteiger partial charge < -0.3 is 10.2 Å².